The highest BCUT2D eigenvalue weighted by molar-refractivity contribution is 6.22. The predicted octanol–water partition coefficient (Wildman–Crippen LogP) is 1.65. The molecule has 0 aliphatic carbocycles. The lowest BCUT2D eigenvalue weighted by Crippen LogP contribution is -2.05. The van der Waals surface area contributed by atoms with Crippen molar-refractivity contribution in [2.75, 3.05) is 0 Å². The second-order valence-electron chi connectivity index (χ2n) is 2.65. The molecule has 1 aliphatic heterocycles. The molecule has 0 N–H and O–H groups in total. The van der Waals surface area contributed by atoms with E-state index >= 15 is 0 Å². The minimum Gasteiger partial charge on any atom is -0.312 e. The van der Waals surface area contributed by atoms with Gasteiger partial charge in [0.15, 0.2) is 0 Å². The molecule has 0 unspecified atom stereocenters. The number of carbonyl (C=O) groups is 1. The zero-order chi connectivity index (χ0) is 8.43. The summed E-state index contributed by atoms with van der Waals surface area (Å²) in [6, 6.07) is 0. The summed E-state index contributed by atoms with van der Waals surface area (Å²) >= 11 is 0. The highest BCUT2D eigenvalue weighted by atomic mass is 16.7. The predicted molar refractivity (Wildman–Crippen MR) is 42.2 cm³/mol. The van der Waals surface area contributed by atoms with Crippen molar-refractivity contribution in [3.63, 3.8) is 0 Å². The molecule has 11 heavy (non-hydrogen) atoms. The summed E-state index contributed by atoms with van der Waals surface area (Å²) in [5.74, 6) is -0.318. The van der Waals surface area contributed by atoms with Gasteiger partial charge in [0, 0.05) is 0 Å². The Balaban J connectivity index is 3.02. The number of hydrogen-bond donors (Lipinski definition) is 0. The van der Waals surface area contributed by atoms with Crippen LogP contribution in [0.3, 0.4) is 0 Å². The minimum absolute atomic E-state index is 0.318. The zero-order valence-corrected chi connectivity index (χ0v) is 6.97. The average molecular weight is 153 g/mol. The van der Waals surface area contributed by atoms with E-state index in [2.05, 4.69) is 9.99 Å². The smallest absolute Gasteiger partial charge is 0.312 e. The van der Waals surface area contributed by atoms with Crippen molar-refractivity contribution in [2.24, 2.45) is 5.16 Å². The van der Waals surface area contributed by atoms with Crippen LogP contribution < -0.4 is 0 Å². The maximum absolute atomic E-state index is 11.0. The van der Waals surface area contributed by atoms with Crippen LogP contribution >= 0.6 is 0 Å². The van der Waals surface area contributed by atoms with Crippen molar-refractivity contribution in [2.45, 2.75) is 27.2 Å². The Kier molecular flexibility index (Phi) is 2.08. The molecule has 3 heteroatoms. The molecule has 1 rings (SSSR count). The van der Waals surface area contributed by atoms with E-state index in [0.29, 0.717) is 5.57 Å². The van der Waals surface area contributed by atoms with Crippen molar-refractivity contribution in [1.82, 2.24) is 0 Å². The molecule has 0 bridgehead atoms. The first-order valence-corrected chi connectivity index (χ1v) is 3.63. The number of carbonyl (C=O) groups excluding carboxylic acids is 1. The van der Waals surface area contributed by atoms with Gasteiger partial charge in [0.1, 0.15) is 0 Å². The lowest BCUT2D eigenvalue weighted by Gasteiger charge is -1.96. The van der Waals surface area contributed by atoms with Gasteiger partial charge < -0.3 is 4.84 Å². The molecule has 3 nitrogen and oxygen atoms in total. The Bertz CT molecular complexity index is 247. The Labute approximate surface area is 65.7 Å². The highest BCUT2D eigenvalue weighted by Crippen LogP contribution is 2.16. The molecule has 0 radical (unpaired) electrons. The van der Waals surface area contributed by atoms with Gasteiger partial charge in [0.2, 0.25) is 0 Å². The molecule has 0 aromatic heterocycles. The van der Waals surface area contributed by atoms with E-state index in [0.717, 1.165) is 17.7 Å². The molecule has 1 aliphatic rings. The molecule has 0 aromatic rings. The number of allylic oxidation sites excluding steroid dienone is 1. The van der Waals surface area contributed by atoms with Crippen LogP contribution in [0, 0.1) is 0 Å². The lowest BCUT2D eigenvalue weighted by atomic mass is 10.1. The fourth-order valence-electron chi connectivity index (χ4n) is 1.04. The van der Waals surface area contributed by atoms with E-state index in [1.165, 1.54) is 0 Å². The quantitative estimate of drug-likeness (QED) is 0.424. The fraction of sp³-hybridized carbons (Fsp3) is 0.500. The number of hydrogen-bond acceptors (Lipinski definition) is 3. The van der Waals surface area contributed by atoms with Gasteiger partial charge in [-0.15, -0.1) is 0 Å². The van der Waals surface area contributed by atoms with Crippen LogP contribution in [0.1, 0.15) is 27.2 Å². The first-order valence-electron chi connectivity index (χ1n) is 3.63. The molecule has 0 amide bonds. The van der Waals surface area contributed by atoms with Gasteiger partial charge in [-0.3, -0.25) is 0 Å². The molecule has 0 saturated carbocycles. The monoisotopic (exact) mass is 153 g/mol. The van der Waals surface area contributed by atoms with Crippen molar-refractivity contribution < 1.29 is 9.63 Å². The van der Waals surface area contributed by atoms with Gasteiger partial charge in [0.25, 0.3) is 0 Å². The Morgan fingerprint density at radius 3 is 2.55 bits per heavy atom. The molecule has 60 valence electrons. The summed E-state index contributed by atoms with van der Waals surface area (Å²) in [6.45, 7) is 5.71. The van der Waals surface area contributed by atoms with Crippen LogP contribution in [0.4, 0.5) is 0 Å². The van der Waals surface area contributed by atoms with Gasteiger partial charge in [-0.25, -0.2) is 4.79 Å². The van der Waals surface area contributed by atoms with Crippen molar-refractivity contribution >= 4 is 11.7 Å². The lowest BCUT2D eigenvalue weighted by molar-refractivity contribution is -0.136. The third-order valence-electron chi connectivity index (χ3n) is 1.57. The molecule has 1 heterocycles. The summed E-state index contributed by atoms with van der Waals surface area (Å²) in [4.78, 5) is 15.5. The Morgan fingerprint density at radius 2 is 2.18 bits per heavy atom. The SMILES string of the molecule is CCC1=NOC(=O)C1=C(C)C. The van der Waals surface area contributed by atoms with Crippen LogP contribution in [0.15, 0.2) is 16.3 Å². The third kappa shape index (κ3) is 1.31. The summed E-state index contributed by atoms with van der Waals surface area (Å²) < 4.78 is 0. The van der Waals surface area contributed by atoms with Gasteiger partial charge in [-0.05, 0) is 20.3 Å². The standard InChI is InChI=1S/C8H11NO2/c1-4-6-7(5(2)3)8(10)11-9-6/h4H2,1-3H3. The molecule has 0 atom stereocenters. The summed E-state index contributed by atoms with van der Waals surface area (Å²) in [5, 5.41) is 3.65. The molecular weight excluding hydrogens is 142 g/mol. The Hall–Kier alpha value is -1.12. The molecule has 0 aromatic carbocycles. The van der Waals surface area contributed by atoms with Crippen LogP contribution in [0.2, 0.25) is 0 Å². The van der Waals surface area contributed by atoms with Crippen molar-refractivity contribution in [3.05, 3.63) is 11.1 Å². The van der Waals surface area contributed by atoms with Gasteiger partial charge in [-0.2, -0.15) is 0 Å². The summed E-state index contributed by atoms with van der Waals surface area (Å²) in [6.07, 6.45) is 0.742. The Morgan fingerprint density at radius 1 is 1.55 bits per heavy atom. The van der Waals surface area contributed by atoms with Crippen LogP contribution in [0.25, 0.3) is 0 Å². The minimum atomic E-state index is -0.318. The second kappa shape index (κ2) is 2.86. The normalized spacial score (nSPS) is 16.5. The largest absolute Gasteiger partial charge is 0.367 e. The number of rotatable bonds is 1. The first-order chi connectivity index (χ1) is 5.16. The van der Waals surface area contributed by atoms with E-state index in [-0.39, 0.29) is 5.97 Å². The molecular formula is C8H11NO2. The van der Waals surface area contributed by atoms with Crippen LogP contribution in [0.5, 0.6) is 0 Å². The zero-order valence-electron chi connectivity index (χ0n) is 6.97. The second-order valence-corrected chi connectivity index (χ2v) is 2.65. The van der Waals surface area contributed by atoms with E-state index in [4.69, 9.17) is 0 Å². The maximum Gasteiger partial charge on any atom is 0.367 e. The summed E-state index contributed by atoms with van der Waals surface area (Å²) in [7, 11) is 0. The topological polar surface area (TPSA) is 38.7 Å². The van der Waals surface area contributed by atoms with Gasteiger partial charge in [-0.1, -0.05) is 17.7 Å². The number of oxime groups is 1. The van der Waals surface area contributed by atoms with Crippen LogP contribution in [-0.4, -0.2) is 11.7 Å². The van der Waals surface area contributed by atoms with E-state index in [9.17, 15) is 4.79 Å². The van der Waals surface area contributed by atoms with Gasteiger partial charge in [0.05, 0.1) is 11.3 Å². The molecule has 0 spiro atoms. The van der Waals surface area contributed by atoms with E-state index in [1.807, 2.05) is 20.8 Å². The van der Waals surface area contributed by atoms with Gasteiger partial charge >= 0.3 is 5.97 Å². The average Bonchev–Trinajstić information content (AvgIpc) is 2.30. The van der Waals surface area contributed by atoms with Crippen LogP contribution in [-0.2, 0) is 9.63 Å². The highest BCUT2D eigenvalue weighted by Gasteiger charge is 2.24. The fourth-order valence-corrected chi connectivity index (χ4v) is 1.04. The first kappa shape index (κ1) is 7.98. The van der Waals surface area contributed by atoms with Crippen molar-refractivity contribution in [3.8, 4) is 0 Å². The molecule has 0 fully saturated rings. The summed E-state index contributed by atoms with van der Waals surface area (Å²) in [5.41, 5.74) is 2.37. The van der Waals surface area contributed by atoms with Crippen molar-refractivity contribution in [1.29, 1.82) is 0 Å². The molecule has 0 saturated heterocycles. The van der Waals surface area contributed by atoms with E-state index in [1.54, 1.807) is 0 Å². The van der Waals surface area contributed by atoms with E-state index < -0.39 is 0 Å². The maximum atomic E-state index is 11.0. The number of nitrogens with zero attached hydrogens (tertiary/aromatic N) is 1. The third-order valence-corrected chi connectivity index (χ3v) is 1.57.